The molecule has 4 nitrogen and oxygen atoms in total. The van der Waals surface area contributed by atoms with Crippen LogP contribution in [-0.4, -0.2) is 34.5 Å². The Hall–Kier alpha value is -1.16. The second-order valence-corrected chi connectivity index (χ2v) is 5.53. The van der Waals surface area contributed by atoms with Gasteiger partial charge >= 0.3 is 0 Å². The largest absolute Gasteiger partial charge is 0.373 e. The number of ketones is 1. The first-order valence-electron chi connectivity index (χ1n) is 6.67. The number of nitrogens with zero attached hydrogens (tertiary/aromatic N) is 1. The number of carbonyl (C=O) groups is 2. The fourth-order valence-electron chi connectivity index (χ4n) is 2.84. The fourth-order valence-corrected chi connectivity index (χ4v) is 2.84. The number of rotatable bonds is 3. The van der Waals surface area contributed by atoms with E-state index in [9.17, 15) is 14.7 Å². The summed E-state index contributed by atoms with van der Waals surface area (Å²) in [5, 5.41) is 9.84. The normalized spacial score (nSPS) is 32.6. The van der Waals surface area contributed by atoms with Crippen molar-refractivity contribution in [2.45, 2.75) is 45.8 Å². The van der Waals surface area contributed by atoms with Gasteiger partial charge in [0, 0.05) is 18.9 Å². The quantitative estimate of drug-likeness (QED) is 0.826. The van der Waals surface area contributed by atoms with E-state index >= 15 is 0 Å². The Balaban J connectivity index is 1.92. The van der Waals surface area contributed by atoms with Crippen LogP contribution in [0.15, 0.2) is 11.6 Å². The van der Waals surface area contributed by atoms with E-state index in [0.29, 0.717) is 18.9 Å². The molecule has 1 saturated heterocycles. The van der Waals surface area contributed by atoms with Gasteiger partial charge in [0.15, 0.2) is 5.78 Å². The summed E-state index contributed by atoms with van der Waals surface area (Å²) in [6, 6.07) is 0. The minimum atomic E-state index is -0.620. The Labute approximate surface area is 108 Å². The van der Waals surface area contributed by atoms with Crippen LogP contribution in [0, 0.1) is 11.8 Å². The van der Waals surface area contributed by atoms with Crippen LogP contribution in [-0.2, 0) is 9.59 Å². The number of amides is 1. The van der Waals surface area contributed by atoms with Gasteiger partial charge in [0.25, 0.3) is 0 Å². The second-order valence-electron chi connectivity index (χ2n) is 5.53. The molecule has 1 N–H and O–H groups in total. The minimum absolute atomic E-state index is 0.0591. The zero-order valence-corrected chi connectivity index (χ0v) is 11.1. The maximum Gasteiger partial charge on any atom is 0.227 e. The van der Waals surface area contributed by atoms with E-state index < -0.39 is 6.23 Å². The van der Waals surface area contributed by atoms with Crippen molar-refractivity contribution in [1.82, 2.24) is 4.90 Å². The average Bonchev–Trinajstić information content (AvgIpc) is 2.57. The molecule has 0 aromatic carbocycles. The zero-order chi connectivity index (χ0) is 13.3. The van der Waals surface area contributed by atoms with Gasteiger partial charge in [-0.2, -0.15) is 0 Å². The minimum Gasteiger partial charge on any atom is -0.373 e. The van der Waals surface area contributed by atoms with E-state index in [1.165, 1.54) is 0 Å². The molecule has 1 fully saturated rings. The number of allylic oxidation sites excluding steroid dienone is 2. The van der Waals surface area contributed by atoms with Crippen LogP contribution in [0.25, 0.3) is 0 Å². The van der Waals surface area contributed by atoms with Gasteiger partial charge < -0.3 is 10.0 Å². The molecular weight excluding hydrogens is 230 g/mol. The first kappa shape index (κ1) is 13.3. The standard InChI is InChI=1S/C14H21NO3/c1-9-7-13(17)15(14(9)18)8-11-3-5-12(6-4-11)10(2)16/h5,9,11,13,17H,3-4,6-8H2,1-2H3. The number of aliphatic hydroxyl groups excluding tert-OH is 1. The molecule has 0 spiro atoms. The third kappa shape index (κ3) is 2.64. The summed E-state index contributed by atoms with van der Waals surface area (Å²) in [5.41, 5.74) is 0.910. The highest BCUT2D eigenvalue weighted by atomic mass is 16.3. The lowest BCUT2D eigenvalue weighted by Gasteiger charge is -2.28. The molecule has 18 heavy (non-hydrogen) atoms. The maximum atomic E-state index is 11.9. The van der Waals surface area contributed by atoms with Crippen LogP contribution in [0.1, 0.15) is 39.5 Å². The van der Waals surface area contributed by atoms with Crippen molar-refractivity contribution >= 4 is 11.7 Å². The number of hydrogen-bond donors (Lipinski definition) is 1. The topological polar surface area (TPSA) is 57.6 Å². The lowest BCUT2D eigenvalue weighted by molar-refractivity contribution is -0.136. The van der Waals surface area contributed by atoms with Crippen molar-refractivity contribution in [3.05, 3.63) is 11.6 Å². The second kappa shape index (κ2) is 5.22. The highest BCUT2D eigenvalue weighted by Crippen LogP contribution is 2.29. The van der Waals surface area contributed by atoms with Crippen LogP contribution < -0.4 is 0 Å². The van der Waals surface area contributed by atoms with Crippen molar-refractivity contribution in [2.75, 3.05) is 6.54 Å². The Morgan fingerprint density at radius 3 is 2.72 bits per heavy atom. The van der Waals surface area contributed by atoms with Gasteiger partial charge in [-0.05, 0) is 37.7 Å². The molecule has 1 aliphatic carbocycles. The van der Waals surface area contributed by atoms with Gasteiger partial charge in [-0.15, -0.1) is 0 Å². The van der Waals surface area contributed by atoms with Gasteiger partial charge in [0.05, 0.1) is 0 Å². The summed E-state index contributed by atoms with van der Waals surface area (Å²) in [6.45, 7) is 4.08. The Morgan fingerprint density at radius 1 is 1.56 bits per heavy atom. The third-order valence-corrected chi connectivity index (χ3v) is 4.06. The summed E-state index contributed by atoms with van der Waals surface area (Å²) in [6.07, 6.45) is 4.47. The lowest BCUT2D eigenvalue weighted by Crippen LogP contribution is -2.38. The SMILES string of the molecule is CC(=O)C1=CCC(CN2C(=O)C(C)CC2O)CC1. The zero-order valence-electron chi connectivity index (χ0n) is 11.1. The summed E-state index contributed by atoms with van der Waals surface area (Å²) in [7, 11) is 0. The molecule has 1 aliphatic heterocycles. The third-order valence-electron chi connectivity index (χ3n) is 4.06. The fraction of sp³-hybridized carbons (Fsp3) is 0.714. The summed E-state index contributed by atoms with van der Waals surface area (Å²) < 4.78 is 0. The molecule has 4 heteroatoms. The molecule has 1 amide bonds. The molecule has 3 unspecified atom stereocenters. The maximum absolute atomic E-state index is 11.9. The highest BCUT2D eigenvalue weighted by molar-refractivity contribution is 5.93. The molecular formula is C14H21NO3. The van der Waals surface area contributed by atoms with Crippen molar-refractivity contribution in [3.63, 3.8) is 0 Å². The molecule has 2 rings (SSSR count). The number of aliphatic hydroxyl groups is 1. The molecule has 0 aromatic heterocycles. The van der Waals surface area contributed by atoms with Crippen molar-refractivity contribution in [1.29, 1.82) is 0 Å². The monoisotopic (exact) mass is 251 g/mol. The van der Waals surface area contributed by atoms with Gasteiger partial charge in [-0.3, -0.25) is 9.59 Å². The van der Waals surface area contributed by atoms with Gasteiger partial charge in [-0.1, -0.05) is 13.0 Å². The smallest absolute Gasteiger partial charge is 0.227 e. The van der Waals surface area contributed by atoms with E-state index in [4.69, 9.17) is 0 Å². The van der Waals surface area contributed by atoms with Gasteiger partial charge in [0.1, 0.15) is 6.23 Å². The summed E-state index contributed by atoms with van der Waals surface area (Å²) >= 11 is 0. The highest BCUT2D eigenvalue weighted by Gasteiger charge is 2.36. The molecule has 3 atom stereocenters. The van der Waals surface area contributed by atoms with Crippen molar-refractivity contribution < 1.29 is 14.7 Å². The predicted molar refractivity (Wildman–Crippen MR) is 67.6 cm³/mol. The van der Waals surface area contributed by atoms with Crippen molar-refractivity contribution in [3.8, 4) is 0 Å². The number of likely N-dealkylation sites (tertiary alicyclic amines) is 1. The van der Waals surface area contributed by atoms with Crippen molar-refractivity contribution in [2.24, 2.45) is 11.8 Å². The molecule has 1 heterocycles. The molecule has 0 saturated carbocycles. The number of Topliss-reactive ketones (excluding diaryl/α,β-unsaturated/α-hetero) is 1. The molecule has 0 bridgehead atoms. The van der Waals surface area contributed by atoms with E-state index in [1.54, 1.807) is 11.8 Å². The van der Waals surface area contributed by atoms with E-state index in [1.807, 2.05) is 13.0 Å². The number of carbonyl (C=O) groups excluding carboxylic acids is 2. The van der Waals surface area contributed by atoms with E-state index in [0.717, 1.165) is 24.8 Å². The van der Waals surface area contributed by atoms with Crippen LogP contribution in [0.5, 0.6) is 0 Å². The predicted octanol–water partition coefficient (Wildman–Crippen LogP) is 1.49. The summed E-state index contributed by atoms with van der Waals surface area (Å²) in [4.78, 5) is 24.7. The first-order chi connectivity index (χ1) is 8.49. The molecule has 2 aliphatic rings. The Morgan fingerprint density at radius 2 is 2.28 bits per heavy atom. The van der Waals surface area contributed by atoms with E-state index in [2.05, 4.69) is 0 Å². The van der Waals surface area contributed by atoms with Crippen LogP contribution >= 0.6 is 0 Å². The number of hydrogen-bond acceptors (Lipinski definition) is 3. The molecule has 0 aromatic rings. The average molecular weight is 251 g/mol. The Kier molecular flexibility index (Phi) is 3.85. The summed E-state index contributed by atoms with van der Waals surface area (Å²) in [5.74, 6) is 0.520. The first-order valence-corrected chi connectivity index (χ1v) is 6.67. The molecule has 0 radical (unpaired) electrons. The van der Waals surface area contributed by atoms with Crippen LogP contribution in [0.3, 0.4) is 0 Å². The van der Waals surface area contributed by atoms with Gasteiger partial charge in [0.2, 0.25) is 5.91 Å². The molecule has 100 valence electrons. The van der Waals surface area contributed by atoms with Crippen LogP contribution in [0.4, 0.5) is 0 Å². The Bertz CT molecular complexity index is 389. The lowest BCUT2D eigenvalue weighted by atomic mass is 9.88. The van der Waals surface area contributed by atoms with Crippen LogP contribution in [0.2, 0.25) is 0 Å². The van der Waals surface area contributed by atoms with Gasteiger partial charge in [-0.25, -0.2) is 0 Å². The van der Waals surface area contributed by atoms with E-state index in [-0.39, 0.29) is 17.6 Å².